The van der Waals surface area contributed by atoms with Crippen molar-refractivity contribution in [1.29, 1.82) is 0 Å². The number of carbonyl (C=O) groups excluding carboxylic acids is 2. The molecule has 0 saturated heterocycles. The molecule has 122 valence electrons. The number of hydrogen-bond acceptors (Lipinski definition) is 3. The summed E-state index contributed by atoms with van der Waals surface area (Å²) in [6.07, 6.45) is 4.17. The molecule has 0 heterocycles. The lowest BCUT2D eigenvalue weighted by molar-refractivity contribution is 0.104. The average molecular weight is 328 g/mol. The summed E-state index contributed by atoms with van der Waals surface area (Å²) in [6, 6.07) is 13.5. The van der Waals surface area contributed by atoms with Crippen LogP contribution in [0.5, 0.6) is 5.75 Å². The van der Waals surface area contributed by atoms with Crippen molar-refractivity contribution in [2.45, 2.75) is 6.92 Å². The van der Waals surface area contributed by atoms with Gasteiger partial charge in [0.2, 0.25) is 0 Å². The highest BCUT2D eigenvalue weighted by atomic mass is 16.5. The third-order valence-corrected chi connectivity index (χ3v) is 4.67. The fraction of sp³-hybridized carbons (Fsp3) is 0.0909. The highest BCUT2D eigenvalue weighted by Crippen LogP contribution is 2.42. The molecule has 0 N–H and O–H groups in total. The molecule has 0 unspecified atom stereocenters. The van der Waals surface area contributed by atoms with E-state index >= 15 is 0 Å². The molecule has 3 aromatic rings. The molecular weight excluding hydrogens is 312 g/mol. The van der Waals surface area contributed by atoms with Gasteiger partial charge in [0.25, 0.3) is 0 Å². The first-order chi connectivity index (χ1) is 12.1. The third-order valence-electron chi connectivity index (χ3n) is 4.67. The van der Waals surface area contributed by atoms with Crippen molar-refractivity contribution in [3.63, 3.8) is 0 Å². The van der Waals surface area contributed by atoms with Crippen LogP contribution in [-0.4, -0.2) is 19.2 Å². The molecule has 3 aromatic carbocycles. The first kappa shape index (κ1) is 15.3. The van der Waals surface area contributed by atoms with Crippen LogP contribution in [0.1, 0.15) is 31.8 Å². The molecular formula is C22H16O3. The number of carbonyl (C=O) groups is 2. The Morgan fingerprint density at radius 3 is 2.40 bits per heavy atom. The SMILES string of the molecule is COc1ccc2c3c(cc(C=O)c(-c4ccc(C)cc4)c13)C(=O)C=C2. The largest absolute Gasteiger partial charge is 0.496 e. The minimum absolute atomic E-state index is 0.0932. The van der Waals surface area contributed by atoms with Crippen molar-refractivity contribution in [2.24, 2.45) is 0 Å². The van der Waals surface area contributed by atoms with Crippen LogP contribution in [0.2, 0.25) is 0 Å². The molecule has 0 spiro atoms. The quantitative estimate of drug-likeness (QED) is 0.646. The van der Waals surface area contributed by atoms with Gasteiger partial charge in [-0.2, -0.15) is 0 Å². The van der Waals surface area contributed by atoms with Gasteiger partial charge in [-0.3, -0.25) is 9.59 Å². The highest BCUT2D eigenvalue weighted by molar-refractivity contribution is 6.24. The fourth-order valence-electron chi connectivity index (χ4n) is 3.46. The molecule has 1 aliphatic rings. The Bertz CT molecular complexity index is 1060. The van der Waals surface area contributed by atoms with Gasteiger partial charge >= 0.3 is 0 Å². The van der Waals surface area contributed by atoms with Gasteiger partial charge in [0.15, 0.2) is 12.1 Å². The predicted octanol–water partition coefficient (Wildman–Crippen LogP) is 4.85. The Kier molecular flexibility index (Phi) is 3.50. The van der Waals surface area contributed by atoms with E-state index in [-0.39, 0.29) is 5.78 Å². The van der Waals surface area contributed by atoms with E-state index in [2.05, 4.69) is 0 Å². The van der Waals surface area contributed by atoms with E-state index in [4.69, 9.17) is 4.74 Å². The summed E-state index contributed by atoms with van der Waals surface area (Å²) >= 11 is 0. The van der Waals surface area contributed by atoms with Crippen LogP contribution in [0.15, 0.2) is 48.5 Å². The van der Waals surface area contributed by atoms with Crippen LogP contribution in [0.3, 0.4) is 0 Å². The second-order valence-electron chi connectivity index (χ2n) is 6.18. The zero-order chi connectivity index (χ0) is 17.6. The number of aryl methyl sites for hydroxylation is 1. The fourth-order valence-corrected chi connectivity index (χ4v) is 3.46. The standard InChI is InChI=1S/C22H16O3/c1-13-3-5-14(6-4-13)20-16(12-23)11-17-18(24)9-7-15-8-10-19(25-2)22(20)21(15)17/h3-12H,1-2H3. The van der Waals surface area contributed by atoms with Gasteiger partial charge in [0, 0.05) is 27.5 Å². The summed E-state index contributed by atoms with van der Waals surface area (Å²) in [4.78, 5) is 24.2. The molecule has 0 atom stereocenters. The first-order valence-electron chi connectivity index (χ1n) is 8.06. The molecule has 0 amide bonds. The van der Waals surface area contributed by atoms with Crippen molar-refractivity contribution < 1.29 is 14.3 Å². The van der Waals surface area contributed by atoms with Gasteiger partial charge in [-0.25, -0.2) is 0 Å². The molecule has 0 fully saturated rings. The average Bonchev–Trinajstić information content (AvgIpc) is 2.64. The lowest BCUT2D eigenvalue weighted by Gasteiger charge is -2.19. The summed E-state index contributed by atoms with van der Waals surface area (Å²) in [5.74, 6) is 0.562. The lowest BCUT2D eigenvalue weighted by Crippen LogP contribution is -2.06. The number of rotatable bonds is 3. The topological polar surface area (TPSA) is 43.4 Å². The minimum atomic E-state index is -0.0932. The Labute approximate surface area is 145 Å². The number of hydrogen-bond donors (Lipinski definition) is 0. The smallest absolute Gasteiger partial charge is 0.186 e. The normalized spacial score (nSPS) is 12.5. The Morgan fingerprint density at radius 1 is 0.960 bits per heavy atom. The maximum atomic E-state index is 12.4. The first-order valence-corrected chi connectivity index (χ1v) is 8.06. The van der Waals surface area contributed by atoms with Crippen molar-refractivity contribution in [3.8, 4) is 16.9 Å². The molecule has 4 rings (SSSR count). The van der Waals surface area contributed by atoms with Gasteiger partial charge in [0.05, 0.1) is 7.11 Å². The van der Waals surface area contributed by atoms with Crippen LogP contribution in [0.25, 0.3) is 28.0 Å². The molecule has 3 nitrogen and oxygen atoms in total. The van der Waals surface area contributed by atoms with E-state index in [1.807, 2.05) is 49.4 Å². The second kappa shape index (κ2) is 5.71. The van der Waals surface area contributed by atoms with Crippen molar-refractivity contribution in [1.82, 2.24) is 0 Å². The predicted molar refractivity (Wildman–Crippen MR) is 99.4 cm³/mol. The van der Waals surface area contributed by atoms with Crippen LogP contribution >= 0.6 is 0 Å². The van der Waals surface area contributed by atoms with E-state index in [0.29, 0.717) is 16.9 Å². The van der Waals surface area contributed by atoms with E-state index in [1.165, 1.54) is 0 Å². The minimum Gasteiger partial charge on any atom is -0.496 e. The summed E-state index contributed by atoms with van der Waals surface area (Å²) in [7, 11) is 1.60. The molecule has 0 bridgehead atoms. The van der Waals surface area contributed by atoms with Gasteiger partial charge in [-0.15, -0.1) is 0 Å². The van der Waals surface area contributed by atoms with E-state index in [0.717, 1.165) is 39.3 Å². The zero-order valence-electron chi connectivity index (χ0n) is 14.0. The van der Waals surface area contributed by atoms with Crippen LogP contribution in [0.4, 0.5) is 0 Å². The Hall–Kier alpha value is -3.20. The molecule has 0 saturated carbocycles. The van der Waals surface area contributed by atoms with Gasteiger partial charge in [-0.05, 0) is 36.3 Å². The number of aldehydes is 1. The molecule has 0 aliphatic heterocycles. The molecule has 0 radical (unpaired) electrons. The maximum absolute atomic E-state index is 12.4. The number of allylic oxidation sites excluding steroid dienone is 1. The van der Waals surface area contributed by atoms with Crippen LogP contribution < -0.4 is 4.74 Å². The number of methoxy groups -OCH3 is 1. The summed E-state index contributed by atoms with van der Waals surface area (Å²) in [5.41, 5.74) is 4.86. The number of benzene rings is 3. The monoisotopic (exact) mass is 328 g/mol. The van der Waals surface area contributed by atoms with E-state index in [1.54, 1.807) is 19.3 Å². The molecule has 0 aromatic heterocycles. The number of ether oxygens (including phenoxy) is 1. The second-order valence-corrected chi connectivity index (χ2v) is 6.18. The van der Waals surface area contributed by atoms with E-state index < -0.39 is 0 Å². The summed E-state index contributed by atoms with van der Waals surface area (Å²) < 4.78 is 5.58. The van der Waals surface area contributed by atoms with Crippen molar-refractivity contribution in [2.75, 3.05) is 7.11 Å². The van der Waals surface area contributed by atoms with Crippen molar-refractivity contribution >= 4 is 28.9 Å². The van der Waals surface area contributed by atoms with Gasteiger partial charge in [0.1, 0.15) is 5.75 Å². The Morgan fingerprint density at radius 2 is 1.72 bits per heavy atom. The maximum Gasteiger partial charge on any atom is 0.186 e. The summed E-state index contributed by atoms with van der Waals surface area (Å²) in [6.45, 7) is 2.02. The van der Waals surface area contributed by atoms with Crippen LogP contribution in [-0.2, 0) is 0 Å². The molecule has 1 aliphatic carbocycles. The third kappa shape index (κ3) is 2.28. The lowest BCUT2D eigenvalue weighted by atomic mass is 9.84. The Balaban J connectivity index is 2.22. The molecule has 3 heteroatoms. The highest BCUT2D eigenvalue weighted by Gasteiger charge is 2.23. The summed E-state index contributed by atoms with van der Waals surface area (Å²) in [5, 5.41) is 1.65. The number of ketones is 1. The van der Waals surface area contributed by atoms with Crippen LogP contribution in [0, 0.1) is 6.92 Å². The van der Waals surface area contributed by atoms with E-state index in [9.17, 15) is 9.59 Å². The van der Waals surface area contributed by atoms with Crippen molar-refractivity contribution in [3.05, 3.63) is 70.8 Å². The zero-order valence-corrected chi connectivity index (χ0v) is 14.0. The van der Waals surface area contributed by atoms with Gasteiger partial charge < -0.3 is 4.74 Å². The molecule has 25 heavy (non-hydrogen) atoms. The van der Waals surface area contributed by atoms with Gasteiger partial charge in [-0.1, -0.05) is 42.0 Å².